The predicted molar refractivity (Wildman–Crippen MR) is 87.1 cm³/mol. The second kappa shape index (κ2) is 6.96. The molecule has 6 nitrogen and oxygen atoms in total. The molecule has 0 bridgehead atoms. The van der Waals surface area contributed by atoms with E-state index in [0.29, 0.717) is 16.6 Å². The maximum atomic E-state index is 13.4. The van der Waals surface area contributed by atoms with Gasteiger partial charge in [0, 0.05) is 18.0 Å². The Kier molecular flexibility index (Phi) is 4.73. The maximum absolute atomic E-state index is 13.4. The third-order valence-corrected chi connectivity index (χ3v) is 3.87. The van der Waals surface area contributed by atoms with E-state index in [-0.39, 0.29) is 24.9 Å². The lowest BCUT2D eigenvalue weighted by Crippen LogP contribution is -2.45. The summed E-state index contributed by atoms with van der Waals surface area (Å²) >= 11 is 0. The van der Waals surface area contributed by atoms with Crippen LogP contribution in [0, 0.1) is 5.82 Å². The van der Waals surface area contributed by atoms with Crippen LogP contribution in [-0.4, -0.2) is 54.3 Å². The minimum Gasteiger partial charge on any atom is -0.329 e. The largest absolute Gasteiger partial charge is 0.329 e. The molecule has 0 saturated heterocycles. The number of benzene rings is 1. The molecule has 1 aromatic heterocycles. The van der Waals surface area contributed by atoms with E-state index >= 15 is 0 Å². The molecular weight excluding hydrogens is 329 g/mol. The molecule has 1 aliphatic heterocycles. The highest BCUT2D eigenvalue weighted by molar-refractivity contribution is 6.32. The number of rotatable bonds is 4. The van der Waals surface area contributed by atoms with Crippen LogP contribution in [-0.2, 0) is 4.79 Å². The molecule has 0 unspecified atom stereocenters. The Balaban J connectivity index is 1.74. The van der Waals surface area contributed by atoms with Gasteiger partial charge in [-0.1, -0.05) is 17.6 Å². The Morgan fingerprint density at radius 3 is 2.76 bits per heavy atom. The molecule has 0 saturated carbocycles. The van der Waals surface area contributed by atoms with Gasteiger partial charge >= 0.3 is 0 Å². The van der Waals surface area contributed by atoms with E-state index in [4.69, 9.17) is 7.85 Å². The third kappa shape index (κ3) is 3.65. The van der Waals surface area contributed by atoms with Crippen molar-refractivity contribution in [3.05, 3.63) is 47.5 Å². The van der Waals surface area contributed by atoms with Crippen LogP contribution in [0.1, 0.15) is 21.8 Å². The molecule has 1 aliphatic rings. The van der Waals surface area contributed by atoms with Gasteiger partial charge in [0.15, 0.2) is 5.82 Å². The molecule has 2 aromatic rings. The maximum Gasteiger partial charge on any atom is 0.254 e. The fourth-order valence-corrected chi connectivity index (χ4v) is 2.71. The summed E-state index contributed by atoms with van der Waals surface area (Å²) in [5.41, 5.74) is 1.32. The summed E-state index contributed by atoms with van der Waals surface area (Å²) in [5, 5.41) is 2.37. The van der Waals surface area contributed by atoms with E-state index in [9.17, 15) is 18.4 Å². The highest BCUT2D eigenvalue weighted by Crippen LogP contribution is 2.27. The van der Waals surface area contributed by atoms with E-state index in [1.807, 2.05) is 0 Å². The zero-order chi connectivity index (χ0) is 18.0. The van der Waals surface area contributed by atoms with Crippen molar-refractivity contribution in [3.8, 4) is 0 Å². The minimum atomic E-state index is -0.678. The van der Waals surface area contributed by atoms with Crippen LogP contribution in [0.5, 0.6) is 0 Å². The van der Waals surface area contributed by atoms with Crippen LogP contribution in [0.3, 0.4) is 0 Å². The summed E-state index contributed by atoms with van der Waals surface area (Å²) in [7, 11) is 5.70. The Bertz CT molecular complexity index is 816. The number of fused-ring (bicyclic) bond motifs is 1. The molecule has 0 aliphatic carbocycles. The molecule has 1 atom stereocenters. The molecule has 1 aromatic carbocycles. The van der Waals surface area contributed by atoms with Gasteiger partial charge in [-0.15, -0.1) is 0 Å². The summed E-state index contributed by atoms with van der Waals surface area (Å²) in [6.45, 7) is -0.910. The van der Waals surface area contributed by atoms with Crippen LogP contribution in [0.2, 0.25) is 0 Å². The Hall–Kier alpha value is -2.84. The van der Waals surface area contributed by atoms with Crippen LogP contribution < -0.4 is 10.8 Å². The standard InChI is InChI=1S/C16H13BF2N4O2/c17-10-1-2-12-13(3-10)9(4-18)7-23(15(12)25)8-14(24)22-16-20-5-11(19)6-21-16/h1-3,5-6,9H,4,7-8H2,(H,20,21,22,24)/t9-/m1/s1. The quantitative estimate of drug-likeness (QED) is 0.824. The number of hydrogen-bond donors (Lipinski definition) is 1. The van der Waals surface area contributed by atoms with Gasteiger partial charge in [0.05, 0.1) is 19.1 Å². The number of anilines is 1. The summed E-state index contributed by atoms with van der Waals surface area (Å²) in [6, 6.07) is 4.67. The number of hydrogen-bond acceptors (Lipinski definition) is 4. The lowest BCUT2D eigenvalue weighted by molar-refractivity contribution is -0.117. The first kappa shape index (κ1) is 17.0. The zero-order valence-electron chi connectivity index (χ0n) is 13.1. The summed E-state index contributed by atoms with van der Waals surface area (Å²) < 4.78 is 26.1. The van der Waals surface area contributed by atoms with Crippen molar-refractivity contribution >= 4 is 31.1 Å². The van der Waals surface area contributed by atoms with E-state index in [2.05, 4.69) is 15.3 Å². The summed E-state index contributed by atoms with van der Waals surface area (Å²) in [5.74, 6) is -2.20. The number of amides is 2. The van der Waals surface area contributed by atoms with Gasteiger partial charge in [-0.2, -0.15) is 0 Å². The predicted octanol–water partition coefficient (Wildman–Crippen LogP) is 0.557. The molecule has 2 amide bonds. The van der Waals surface area contributed by atoms with Crippen LogP contribution in [0.25, 0.3) is 0 Å². The van der Waals surface area contributed by atoms with Gasteiger partial charge in [0.1, 0.15) is 14.4 Å². The minimum absolute atomic E-state index is 0.0590. The topological polar surface area (TPSA) is 75.2 Å². The van der Waals surface area contributed by atoms with Crippen LogP contribution in [0.4, 0.5) is 14.7 Å². The van der Waals surface area contributed by atoms with Gasteiger partial charge in [-0.25, -0.2) is 14.4 Å². The molecule has 0 spiro atoms. The van der Waals surface area contributed by atoms with Gasteiger partial charge in [-0.05, 0) is 11.6 Å². The SMILES string of the molecule is [B]c1ccc2c(c1)[C@H](CF)CN(CC(=O)Nc1ncc(F)cn1)C2=O. The van der Waals surface area contributed by atoms with Gasteiger partial charge in [0.2, 0.25) is 11.9 Å². The summed E-state index contributed by atoms with van der Waals surface area (Å²) in [6.07, 6.45) is 1.82. The van der Waals surface area contributed by atoms with Gasteiger partial charge < -0.3 is 4.90 Å². The molecule has 126 valence electrons. The highest BCUT2D eigenvalue weighted by Gasteiger charge is 2.32. The number of nitrogens with zero attached hydrogens (tertiary/aromatic N) is 3. The van der Waals surface area contributed by atoms with E-state index in [0.717, 1.165) is 12.4 Å². The monoisotopic (exact) mass is 342 g/mol. The third-order valence-electron chi connectivity index (χ3n) is 3.87. The van der Waals surface area contributed by atoms with Gasteiger partial charge in [0.25, 0.3) is 5.91 Å². The van der Waals surface area contributed by atoms with E-state index in [1.165, 1.54) is 11.0 Å². The molecule has 3 rings (SSSR count). The molecule has 0 fully saturated rings. The van der Waals surface area contributed by atoms with Crippen LogP contribution in [0.15, 0.2) is 30.6 Å². The van der Waals surface area contributed by atoms with Crippen molar-refractivity contribution < 1.29 is 18.4 Å². The van der Waals surface area contributed by atoms with Crippen molar-refractivity contribution in [1.82, 2.24) is 14.9 Å². The molecule has 9 heteroatoms. The normalized spacial score (nSPS) is 16.5. The molecule has 2 heterocycles. The fourth-order valence-electron chi connectivity index (χ4n) is 2.71. The summed E-state index contributed by atoms with van der Waals surface area (Å²) in [4.78, 5) is 33.1. The van der Waals surface area contributed by atoms with Crippen molar-refractivity contribution in [1.29, 1.82) is 0 Å². The molecule has 25 heavy (non-hydrogen) atoms. The average Bonchev–Trinajstić information content (AvgIpc) is 2.59. The first-order chi connectivity index (χ1) is 12.0. The number of carbonyl (C=O) groups excluding carboxylic acids is 2. The van der Waals surface area contributed by atoms with E-state index in [1.54, 1.807) is 12.1 Å². The highest BCUT2D eigenvalue weighted by atomic mass is 19.1. The number of halogens is 2. The van der Waals surface area contributed by atoms with Crippen molar-refractivity contribution in [2.45, 2.75) is 5.92 Å². The van der Waals surface area contributed by atoms with Gasteiger partial charge in [-0.3, -0.25) is 19.3 Å². The average molecular weight is 342 g/mol. The zero-order valence-corrected chi connectivity index (χ0v) is 13.1. The number of aromatic nitrogens is 2. The molecule has 1 N–H and O–H groups in total. The Labute approximate surface area is 143 Å². The van der Waals surface area contributed by atoms with Crippen molar-refractivity contribution in [2.24, 2.45) is 0 Å². The Morgan fingerprint density at radius 2 is 2.08 bits per heavy atom. The van der Waals surface area contributed by atoms with Crippen molar-refractivity contribution in [3.63, 3.8) is 0 Å². The Morgan fingerprint density at radius 1 is 1.36 bits per heavy atom. The lowest BCUT2D eigenvalue weighted by Gasteiger charge is -2.33. The number of carbonyl (C=O) groups is 2. The van der Waals surface area contributed by atoms with E-state index < -0.39 is 24.3 Å². The second-order valence-corrected chi connectivity index (χ2v) is 5.66. The smallest absolute Gasteiger partial charge is 0.254 e. The lowest BCUT2D eigenvalue weighted by atomic mass is 9.84. The fraction of sp³-hybridized carbons (Fsp3) is 0.250. The number of alkyl halides is 1. The molecular formula is C16H13BF2N4O2. The number of nitrogens with one attached hydrogen (secondary N) is 1. The first-order valence-electron chi connectivity index (χ1n) is 7.50. The van der Waals surface area contributed by atoms with Crippen LogP contribution >= 0.6 is 0 Å². The van der Waals surface area contributed by atoms with Crippen molar-refractivity contribution in [2.75, 3.05) is 25.1 Å². The second-order valence-electron chi connectivity index (χ2n) is 5.66. The first-order valence-corrected chi connectivity index (χ1v) is 7.50. The molecule has 2 radical (unpaired) electrons.